The first-order valence-electron chi connectivity index (χ1n) is 8.32. The molecular formula is C20H23N3O2. The maximum Gasteiger partial charge on any atom is 0.160 e. The molecule has 0 aliphatic carbocycles. The van der Waals surface area contributed by atoms with Crippen molar-refractivity contribution in [1.29, 1.82) is 0 Å². The molecule has 1 N–H and O–H groups in total. The normalized spacial score (nSPS) is 10.6. The van der Waals surface area contributed by atoms with E-state index in [0.717, 1.165) is 42.4 Å². The molecule has 0 saturated heterocycles. The quantitative estimate of drug-likeness (QED) is 0.641. The molecule has 0 saturated carbocycles. The first kappa shape index (κ1) is 17.0. The van der Waals surface area contributed by atoms with E-state index in [1.807, 2.05) is 59.4 Å². The van der Waals surface area contributed by atoms with Crippen molar-refractivity contribution >= 4 is 0 Å². The molecule has 0 bridgehead atoms. The highest BCUT2D eigenvalue weighted by Crippen LogP contribution is 2.27. The number of hydrogen-bond donors (Lipinski definition) is 1. The maximum absolute atomic E-state index is 5.34. The number of para-hydroxylation sites is 1. The van der Waals surface area contributed by atoms with Crippen LogP contribution in [0.3, 0.4) is 0 Å². The highest BCUT2D eigenvalue weighted by atomic mass is 16.5. The first-order chi connectivity index (χ1) is 12.3. The standard InChI is InChI=1S/C20H23N3O2/c1-24-19-9-8-16(14-20(19)25-2)10-12-21-15-17-11-13-23(22-17)18-6-4-3-5-7-18/h3-9,11,13-14,21H,10,12,15H2,1-2H3. The van der Waals surface area contributed by atoms with Crippen LogP contribution in [0.15, 0.2) is 60.8 Å². The van der Waals surface area contributed by atoms with Crippen LogP contribution >= 0.6 is 0 Å². The summed E-state index contributed by atoms with van der Waals surface area (Å²) in [5, 5.41) is 8.03. The van der Waals surface area contributed by atoms with Gasteiger partial charge in [-0.2, -0.15) is 5.10 Å². The Hall–Kier alpha value is -2.79. The first-order valence-corrected chi connectivity index (χ1v) is 8.32. The zero-order valence-corrected chi connectivity index (χ0v) is 14.6. The summed E-state index contributed by atoms with van der Waals surface area (Å²) in [4.78, 5) is 0. The second kappa shape index (κ2) is 8.35. The molecular weight excluding hydrogens is 314 g/mol. The number of rotatable bonds is 8. The average molecular weight is 337 g/mol. The summed E-state index contributed by atoms with van der Waals surface area (Å²) in [5.74, 6) is 1.52. The number of methoxy groups -OCH3 is 2. The highest BCUT2D eigenvalue weighted by Gasteiger charge is 2.05. The Bertz CT molecular complexity index is 800. The summed E-state index contributed by atoms with van der Waals surface area (Å²) < 4.78 is 12.5. The van der Waals surface area contributed by atoms with Gasteiger partial charge in [0.1, 0.15) is 0 Å². The van der Waals surface area contributed by atoms with Gasteiger partial charge in [0.05, 0.1) is 25.6 Å². The lowest BCUT2D eigenvalue weighted by Crippen LogP contribution is -2.17. The summed E-state index contributed by atoms with van der Waals surface area (Å²) in [6.07, 6.45) is 2.90. The Morgan fingerprint density at radius 2 is 1.76 bits per heavy atom. The van der Waals surface area contributed by atoms with Crippen LogP contribution in [-0.2, 0) is 13.0 Å². The molecule has 5 heteroatoms. The summed E-state index contributed by atoms with van der Waals surface area (Å²) in [6.45, 7) is 1.61. The molecule has 0 fully saturated rings. The fourth-order valence-corrected chi connectivity index (χ4v) is 2.67. The Kier molecular flexibility index (Phi) is 5.69. The van der Waals surface area contributed by atoms with Crippen LogP contribution in [0, 0.1) is 0 Å². The maximum atomic E-state index is 5.34. The average Bonchev–Trinajstić information content (AvgIpc) is 3.14. The molecule has 2 aromatic carbocycles. The molecule has 25 heavy (non-hydrogen) atoms. The molecule has 0 aliphatic heterocycles. The van der Waals surface area contributed by atoms with Crippen LogP contribution in [0.1, 0.15) is 11.3 Å². The zero-order chi connectivity index (χ0) is 17.5. The fourth-order valence-electron chi connectivity index (χ4n) is 2.67. The fraction of sp³-hybridized carbons (Fsp3) is 0.250. The van der Waals surface area contributed by atoms with Crippen LogP contribution in [0.4, 0.5) is 0 Å². The Morgan fingerprint density at radius 1 is 0.960 bits per heavy atom. The second-order valence-electron chi connectivity index (χ2n) is 5.70. The van der Waals surface area contributed by atoms with Gasteiger partial charge in [-0.15, -0.1) is 0 Å². The lowest BCUT2D eigenvalue weighted by atomic mass is 10.1. The molecule has 1 heterocycles. The van der Waals surface area contributed by atoms with E-state index < -0.39 is 0 Å². The Morgan fingerprint density at radius 3 is 2.52 bits per heavy atom. The van der Waals surface area contributed by atoms with Crippen molar-refractivity contribution in [2.45, 2.75) is 13.0 Å². The number of ether oxygens (including phenoxy) is 2. The van der Waals surface area contributed by atoms with Crippen molar-refractivity contribution in [2.75, 3.05) is 20.8 Å². The molecule has 0 spiro atoms. The van der Waals surface area contributed by atoms with Gasteiger partial charge in [0.2, 0.25) is 0 Å². The topological polar surface area (TPSA) is 48.3 Å². The molecule has 130 valence electrons. The lowest BCUT2D eigenvalue weighted by Gasteiger charge is -2.09. The number of nitrogens with zero attached hydrogens (tertiary/aromatic N) is 2. The van der Waals surface area contributed by atoms with Gasteiger partial charge >= 0.3 is 0 Å². The summed E-state index contributed by atoms with van der Waals surface area (Å²) in [5.41, 5.74) is 3.30. The van der Waals surface area contributed by atoms with E-state index in [-0.39, 0.29) is 0 Å². The molecule has 0 aliphatic rings. The van der Waals surface area contributed by atoms with Gasteiger partial charge in [0.25, 0.3) is 0 Å². The van der Waals surface area contributed by atoms with Crippen molar-refractivity contribution in [3.05, 3.63) is 72.1 Å². The van der Waals surface area contributed by atoms with Gasteiger partial charge in [-0.3, -0.25) is 0 Å². The summed E-state index contributed by atoms with van der Waals surface area (Å²) in [7, 11) is 3.30. The minimum Gasteiger partial charge on any atom is -0.493 e. The van der Waals surface area contributed by atoms with Crippen LogP contribution < -0.4 is 14.8 Å². The predicted octanol–water partition coefficient (Wildman–Crippen LogP) is 3.22. The van der Waals surface area contributed by atoms with Crippen molar-refractivity contribution in [1.82, 2.24) is 15.1 Å². The van der Waals surface area contributed by atoms with Gasteiger partial charge < -0.3 is 14.8 Å². The third kappa shape index (κ3) is 4.39. The summed E-state index contributed by atoms with van der Waals surface area (Å²) in [6, 6.07) is 18.2. The van der Waals surface area contributed by atoms with E-state index in [2.05, 4.69) is 16.5 Å². The van der Waals surface area contributed by atoms with Gasteiger partial charge in [-0.1, -0.05) is 24.3 Å². The highest BCUT2D eigenvalue weighted by molar-refractivity contribution is 5.43. The van der Waals surface area contributed by atoms with Crippen molar-refractivity contribution < 1.29 is 9.47 Å². The molecule has 0 amide bonds. The van der Waals surface area contributed by atoms with Crippen molar-refractivity contribution in [2.24, 2.45) is 0 Å². The molecule has 3 rings (SSSR count). The van der Waals surface area contributed by atoms with Gasteiger partial charge in [-0.05, 0) is 48.9 Å². The van der Waals surface area contributed by atoms with Crippen molar-refractivity contribution in [3.8, 4) is 17.2 Å². The predicted molar refractivity (Wildman–Crippen MR) is 98.5 cm³/mol. The van der Waals surface area contributed by atoms with Crippen LogP contribution in [0.25, 0.3) is 5.69 Å². The lowest BCUT2D eigenvalue weighted by molar-refractivity contribution is 0.354. The van der Waals surface area contributed by atoms with Gasteiger partial charge in [-0.25, -0.2) is 4.68 Å². The minimum atomic E-state index is 0.743. The number of aromatic nitrogens is 2. The smallest absolute Gasteiger partial charge is 0.160 e. The van der Waals surface area contributed by atoms with E-state index in [9.17, 15) is 0 Å². The van der Waals surface area contributed by atoms with Crippen molar-refractivity contribution in [3.63, 3.8) is 0 Å². The molecule has 5 nitrogen and oxygen atoms in total. The Labute approximate surface area is 148 Å². The number of benzene rings is 2. The second-order valence-corrected chi connectivity index (χ2v) is 5.70. The molecule has 0 atom stereocenters. The number of nitrogens with one attached hydrogen (secondary N) is 1. The van der Waals surface area contributed by atoms with E-state index in [0.29, 0.717) is 0 Å². The number of hydrogen-bond acceptors (Lipinski definition) is 4. The zero-order valence-electron chi connectivity index (χ0n) is 14.6. The van der Waals surface area contributed by atoms with Gasteiger partial charge in [0, 0.05) is 12.7 Å². The largest absolute Gasteiger partial charge is 0.493 e. The molecule has 0 unspecified atom stereocenters. The van der Waals surface area contributed by atoms with E-state index in [1.54, 1.807) is 14.2 Å². The SMILES string of the molecule is COc1ccc(CCNCc2ccn(-c3ccccc3)n2)cc1OC. The van der Waals surface area contributed by atoms with E-state index in [1.165, 1.54) is 5.56 Å². The van der Waals surface area contributed by atoms with Crippen LogP contribution in [0.2, 0.25) is 0 Å². The third-order valence-corrected chi connectivity index (χ3v) is 4.01. The minimum absolute atomic E-state index is 0.743. The molecule has 1 aromatic heterocycles. The molecule has 0 radical (unpaired) electrons. The van der Waals surface area contributed by atoms with E-state index >= 15 is 0 Å². The van der Waals surface area contributed by atoms with E-state index in [4.69, 9.17) is 9.47 Å². The van der Waals surface area contributed by atoms with Gasteiger partial charge in [0.15, 0.2) is 11.5 Å². The van der Waals surface area contributed by atoms with Crippen LogP contribution in [0.5, 0.6) is 11.5 Å². The Balaban J connectivity index is 1.50. The monoisotopic (exact) mass is 337 g/mol. The summed E-state index contributed by atoms with van der Waals surface area (Å²) >= 11 is 0. The van der Waals surface area contributed by atoms with Crippen LogP contribution in [-0.4, -0.2) is 30.5 Å². The molecule has 3 aromatic rings. The third-order valence-electron chi connectivity index (χ3n) is 4.01.